The summed E-state index contributed by atoms with van der Waals surface area (Å²) in [5.41, 5.74) is 4.26. The first-order valence-electron chi connectivity index (χ1n) is 7.57. The van der Waals surface area contributed by atoms with Crippen molar-refractivity contribution in [3.8, 4) is 0 Å². The van der Waals surface area contributed by atoms with Gasteiger partial charge in [-0.25, -0.2) is 0 Å². The van der Waals surface area contributed by atoms with Crippen LogP contribution in [0, 0.1) is 5.92 Å². The minimum atomic E-state index is -0.303. The number of hydrogen-bond donors (Lipinski definition) is 2. The summed E-state index contributed by atoms with van der Waals surface area (Å²) in [6.45, 7) is 1.97. The number of amides is 2. The molecular weight excluding hydrogens is 292 g/mol. The van der Waals surface area contributed by atoms with E-state index in [4.69, 9.17) is 4.74 Å². The second-order valence-corrected chi connectivity index (χ2v) is 5.87. The molecule has 4 rings (SSSR count). The van der Waals surface area contributed by atoms with E-state index in [9.17, 15) is 9.59 Å². The summed E-state index contributed by atoms with van der Waals surface area (Å²) in [5.74, 6) is -0.266. The first-order chi connectivity index (χ1) is 11.1. The number of anilines is 1. The maximum Gasteiger partial charge on any atom is 0.256 e. The summed E-state index contributed by atoms with van der Waals surface area (Å²) in [4.78, 5) is 24.2. The predicted molar refractivity (Wildman–Crippen MR) is 86.3 cm³/mol. The quantitative estimate of drug-likeness (QED) is 0.780. The third-order valence-electron chi connectivity index (χ3n) is 4.40. The van der Waals surface area contributed by atoms with Gasteiger partial charge in [-0.15, -0.1) is 0 Å². The Morgan fingerprint density at radius 2 is 2.17 bits per heavy atom. The highest BCUT2D eigenvalue weighted by Gasteiger charge is 2.38. The molecule has 0 fully saturated rings. The predicted octanol–water partition coefficient (Wildman–Crippen LogP) is 2.00. The van der Waals surface area contributed by atoms with E-state index in [0.29, 0.717) is 12.2 Å². The van der Waals surface area contributed by atoms with Crippen LogP contribution in [0.5, 0.6) is 0 Å². The third kappa shape index (κ3) is 2.16. The molecule has 2 amide bonds. The highest BCUT2D eigenvalue weighted by atomic mass is 16.5. The van der Waals surface area contributed by atoms with Gasteiger partial charge in [0.05, 0.1) is 24.5 Å². The number of hydrogen-bond acceptors (Lipinski definition) is 3. The van der Waals surface area contributed by atoms with Crippen LogP contribution in [0.4, 0.5) is 5.69 Å². The maximum atomic E-state index is 12.6. The first-order valence-corrected chi connectivity index (χ1v) is 7.57. The van der Waals surface area contributed by atoms with E-state index in [1.165, 1.54) is 6.92 Å². The first kappa shape index (κ1) is 13.8. The molecule has 5 nitrogen and oxygen atoms in total. The van der Waals surface area contributed by atoms with E-state index in [1.54, 1.807) is 6.26 Å². The van der Waals surface area contributed by atoms with Crippen LogP contribution in [0.15, 0.2) is 53.8 Å². The lowest BCUT2D eigenvalue weighted by Gasteiger charge is -2.28. The van der Waals surface area contributed by atoms with Crippen LogP contribution in [-0.4, -0.2) is 24.5 Å². The van der Waals surface area contributed by atoms with Gasteiger partial charge in [-0.3, -0.25) is 9.59 Å². The van der Waals surface area contributed by atoms with Gasteiger partial charge in [0.2, 0.25) is 5.91 Å². The van der Waals surface area contributed by atoms with Crippen molar-refractivity contribution < 1.29 is 14.3 Å². The largest absolute Gasteiger partial charge is 0.500 e. The van der Waals surface area contributed by atoms with E-state index in [2.05, 4.69) is 10.6 Å². The van der Waals surface area contributed by atoms with Gasteiger partial charge in [0.25, 0.3) is 5.91 Å². The molecule has 23 heavy (non-hydrogen) atoms. The zero-order valence-electron chi connectivity index (χ0n) is 12.6. The molecular formula is C18H16N2O3. The van der Waals surface area contributed by atoms with Crippen LogP contribution < -0.4 is 10.6 Å². The number of benzene rings is 1. The van der Waals surface area contributed by atoms with Gasteiger partial charge in [-0.05, 0) is 17.2 Å². The number of para-hydroxylation sites is 1. The van der Waals surface area contributed by atoms with Gasteiger partial charge in [0.15, 0.2) is 0 Å². The van der Waals surface area contributed by atoms with Crippen molar-refractivity contribution in [3.05, 3.63) is 59.4 Å². The van der Waals surface area contributed by atoms with Crippen molar-refractivity contribution in [1.82, 2.24) is 5.32 Å². The van der Waals surface area contributed by atoms with Crippen LogP contribution in [0.3, 0.4) is 0 Å². The van der Waals surface area contributed by atoms with Crippen LogP contribution in [0.25, 0.3) is 5.57 Å². The number of fused-ring (bicyclic) bond motifs is 2. The van der Waals surface area contributed by atoms with Crippen LogP contribution in [-0.2, 0) is 14.3 Å². The van der Waals surface area contributed by atoms with Crippen LogP contribution in [0.2, 0.25) is 0 Å². The molecule has 1 aliphatic carbocycles. The van der Waals surface area contributed by atoms with E-state index >= 15 is 0 Å². The standard InChI is InChI=1S/C18H16N2O3/c1-10(21)19-15-7-6-11-8-23-9-13(11)16(15)17-12-4-2-3-5-14(12)20-18(17)22/h2-8,13,15H,9H2,1H3,(H,19,21)(H,20,22). The van der Waals surface area contributed by atoms with Gasteiger partial charge in [0.1, 0.15) is 0 Å². The highest BCUT2D eigenvalue weighted by Crippen LogP contribution is 2.42. The molecule has 5 heteroatoms. The van der Waals surface area contributed by atoms with Crippen molar-refractivity contribution >= 4 is 23.1 Å². The molecule has 0 aromatic heterocycles. The number of carbonyl (C=O) groups is 2. The molecule has 0 bridgehead atoms. The Bertz CT molecular complexity index is 804. The zero-order valence-corrected chi connectivity index (χ0v) is 12.6. The SMILES string of the molecule is CC(=O)NC1C=CC2=COCC2C1=C1C(=O)Nc2ccccc21. The smallest absolute Gasteiger partial charge is 0.256 e. The second kappa shape index (κ2) is 5.12. The topological polar surface area (TPSA) is 67.4 Å². The fourth-order valence-corrected chi connectivity index (χ4v) is 3.45. The average molecular weight is 308 g/mol. The fraction of sp³-hybridized carbons (Fsp3) is 0.222. The molecule has 2 heterocycles. The normalized spacial score (nSPS) is 27.7. The van der Waals surface area contributed by atoms with Gasteiger partial charge < -0.3 is 15.4 Å². The molecule has 1 aromatic rings. The minimum absolute atomic E-state index is 0.0104. The molecule has 0 radical (unpaired) electrons. The monoisotopic (exact) mass is 308 g/mol. The zero-order chi connectivity index (χ0) is 16.0. The average Bonchev–Trinajstić information content (AvgIpc) is 3.10. The van der Waals surface area contributed by atoms with Gasteiger partial charge in [0, 0.05) is 24.1 Å². The summed E-state index contributed by atoms with van der Waals surface area (Å²) in [5, 5.41) is 5.83. The molecule has 3 aliphatic rings. The van der Waals surface area contributed by atoms with Gasteiger partial charge >= 0.3 is 0 Å². The number of ether oxygens (including phenoxy) is 1. The Hall–Kier alpha value is -2.82. The van der Waals surface area contributed by atoms with Crippen molar-refractivity contribution in [3.63, 3.8) is 0 Å². The van der Waals surface area contributed by atoms with Gasteiger partial charge in [-0.1, -0.05) is 30.4 Å². The Kier molecular flexibility index (Phi) is 3.08. The lowest BCUT2D eigenvalue weighted by Crippen LogP contribution is -2.39. The molecule has 0 spiro atoms. The Morgan fingerprint density at radius 3 is 3.00 bits per heavy atom. The molecule has 2 aliphatic heterocycles. The molecule has 2 unspecified atom stereocenters. The van der Waals surface area contributed by atoms with Crippen LogP contribution in [0.1, 0.15) is 12.5 Å². The number of carbonyl (C=O) groups excluding carboxylic acids is 2. The molecule has 2 atom stereocenters. The molecule has 2 N–H and O–H groups in total. The summed E-state index contributed by atoms with van der Waals surface area (Å²) >= 11 is 0. The number of allylic oxidation sites excluding steroid dienone is 1. The van der Waals surface area contributed by atoms with Crippen LogP contribution >= 0.6 is 0 Å². The molecule has 116 valence electrons. The third-order valence-corrected chi connectivity index (χ3v) is 4.40. The summed E-state index contributed by atoms with van der Waals surface area (Å²) < 4.78 is 5.47. The molecule has 0 saturated carbocycles. The molecule has 1 aromatic carbocycles. The summed E-state index contributed by atoms with van der Waals surface area (Å²) in [7, 11) is 0. The lowest BCUT2D eigenvalue weighted by molar-refractivity contribution is -0.119. The Morgan fingerprint density at radius 1 is 1.35 bits per heavy atom. The Labute approximate surface area is 133 Å². The van der Waals surface area contributed by atoms with Gasteiger partial charge in [-0.2, -0.15) is 0 Å². The minimum Gasteiger partial charge on any atom is -0.500 e. The number of nitrogens with one attached hydrogen (secondary N) is 2. The summed E-state index contributed by atoms with van der Waals surface area (Å²) in [6, 6.07) is 7.31. The van der Waals surface area contributed by atoms with E-state index < -0.39 is 0 Å². The summed E-state index contributed by atoms with van der Waals surface area (Å²) in [6.07, 6.45) is 5.60. The Balaban J connectivity index is 1.92. The number of rotatable bonds is 1. The molecule has 0 saturated heterocycles. The van der Waals surface area contributed by atoms with Crippen molar-refractivity contribution in [2.75, 3.05) is 11.9 Å². The maximum absolute atomic E-state index is 12.6. The second-order valence-electron chi connectivity index (χ2n) is 5.87. The van der Waals surface area contributed by atoms with E-state index in [1.807, 2.05) is 36.4 Å². The lowest BCUT2D eigenvalue weighted by atomic mass is 9.79. The fourth-order valence-electron chi connectivity index (χ4n) is 3.45. The van der Waals surface area contributed by atoms with E-state index in [-0.39, 0.29) is 23.8 Å². The van der Waals surface area contributed by atoms with Crippen molar-refractivity contribution in [1.29, 1.82) is 0 Å². The highest BCUT2D eigenvalue weighted by molar-refractivity contribution is 6.32. The van der Waals surface area contributed by atoms with Crippen molar-refractivity contribution in [2.45, 2.75) is 13.0 Å². The van der Waals surface area contributed by atoms with Crippen molar-refractivity contribution in [2.24, 2.45) is 5.92 Å². The van der Waals surface area contributed by atoms with E-state index in [0.717, 1.165) is 22.4 Å².